The highest BCUT2D eigenvalue weighted by molar-refractivity contribution is 7.47. The first-order valence-corrected chi connectivity index (χ1v) is 44.8. The molecule has 100 heavy (non-hydrogen) atoms. The molecule has 0 aliphatic heterocycles. The van der Waals surface area contributed by atoms with E-state index in [9.17, 15) is 43.2 Å². The molecule has 19 heteroatoms. The molecule has 17 nitrogen and oxygen atoms in total. The van der Waals surface area contributed by atoms with Crippen LogP contribution in [0.3, 0.4) is 0 Å². The summed E-state index contributed by atoms with van der Waals surface area (Å²) in [7, 11) is -9.92. The number of aliphatic hydroxyl groups is 1. The Labute approximate surface area is 613 Å². The van der Waals surface area contributed by atoms with Crippen molar-refractivity contribution in [2.75, 3.05) is 39.6 Å². The molecule has 0 aromatic carbocycles. The smallest absolute Gasteiger partial charge is 0.462 e. The number of rotatable bonds is 79. The predicted molar refractivity (Wildman–Crippen MR) is 409 cm³/mol. The second kappa shape index (κ2) is 71.3. The van der Waals surface area contributed by atoms with Gasteiger partial charge in [-0.2, -0.15) is 0 Å². The summed E-state index contributed by atoms with van der Waals surface area (Å²) < 4.78 is 68.7. The van der Waals surface area contributed by atoms with Crippen molar-refractivity contribution in [1.29, 1.82) is 0 Å². The summed E-state index contributed by atoms with van der Waals surface area (Å²) in [5.74, 6) is 0.137. The van der Waals surface area contributed by atoms with Crippen molar-refractivity contribution in [1.82, 2.24) is 0 Å². The fraction of sp³-hybridized carbons (Fsp3) is 0.951. The van der Waals surface area contributed by atoms with Crippen LogP contribution in [0.2, 0.25) is 0 Å². The minimum absolute atomic E-state index is 0.105. The first-order chi connectivity index (χ1) is 48.2. The Morgan fingerprint density at radius 2 is 0.460 bits per heavy atom. The second-order valence-electron chi connectivity index (χ2n) is 30.6. The zero-order valence-corrected chi connectivity index (χ0v) is 67.5. The number of ether oxygens (including phenoxy) is 4. The third-order valence-electron chi connectivity index (χ3n) is 18.9. The van der Waals surface area contributed by atoms with Crippen molar-refractivity contribution in [3.8, 4) is 0 Å². The summed E-state index contributed by atoms with van der Waals surface area (Å²) in [6, 6.07) is 0. The number of hydrogen-bond donors (Lipinski definition) is 3. The van der Waals surface area contributed by atoms with Crippen LogP contribution in [0.25, 0.3) is 0 Å². The van der Waals surface area contributed by atoms with Crippen molar-refractivity contribution >= 4 is 39.5 Å². The zero-order valence-electron chi connectivity index (χ0n) is 65.7. The molecule has 0 rings (SSSR count). The van der Waals surface area contributed by atoms with Crippen molar-refractivity contribution in [3.63, 3.8) is 0 Å². The molecule has 0 spiro atoms. The molecule has 0 saturated carbocycles. The summed E-state index contributed by atoms with van der Waals surface area (Å²) in [6.07, 6.45) is 59.9. The van der Waals surface area contributed by atoms with Gasteiger partial charge in [0.2, 0.25) is 0 Å². The summed E-state index contributed by atoms with van der Waals surface area (Å²) in [5.41, 5.74) is 0. The fourth-order valence-electron chi connectivity index (χ4n) is 12.5. The maximum absolute atomic E-state index is 13.1. The normalized spacial score (nSPS) is 14.0. The quantitative estimate of drug-likeness (QED) is 0.0222. The molecule has 3 N–H and O–H groups in total. The predicted octanol–water partition coefficient (Wildman–Crippen LogP) is 24.1. The van der Waals surface area contributed by atoms with Gasteiger partial charge >= 0.3 is 39.5 Å². The van der Waals surface area contributed by atoms with E-state index in [4.69, 9.17) is 37.0 Å². The Morgan fingerprint density at radius 1 is 0.270 bits per heavy atom. The molecule has 0 heterocycles. The molecule has 0 saturated heterocycles. The van der Waals surface area contributed by atoms with E-state index in [1.807, 2.05) is 0 Å². The van der Waals surface area contributed by atoms with Gasteiger partial charge in [-0.25, -0.2) is 9.13 Å². The number of phosphoric acid groups is 2. The Morgan fingerprint density at radius 3 is 0.680 bits per heavy atom. The van der Waals surface area contributed by atoms with Gasteiger partial charge in [0.25, 0.3) is 0 Å². The number of carbonyl (C=O) groups excluding carboxylic acids is 4. The van der Waals surface area contributed by atoms with E-state index in [1.165, 1.54) is 225 Å². The summed E-state index contributed by atoms with van der Waals surface area (Å²) in [5, 5.41) is 10.6. The van der Waals surface area contributed by atoms with Gasteiger partial charge in [0.1, 0.15) is 19.3 Å². The highest BCUT2D eigenvalue weighted by Crippen LogP contribution is 2.45. The van der Waals surface area contributed by atoms with Crippen LogP contribution >= 0.6 is 15.6 Å². The molecule has 2 unspecified atom stereocenters. The first-order valence-electron chi connectivity index (χ1n) is 41.8. The summed E-state index contributed by atoms with van der Waals surface area (Å²) in [4.78, 5) is 73.0. The van der Waals surface area contributed by atoms with Crippen LogP contribution in [0.4, 0.5) is 0 Å². The minimum atomic E-state index is -4.96. The molecule has 0 amide bonds. The van der Waals surface area contributed by atoms with Crippen molar-refractivity contribution in [3.05, 3.63) is 0 Å². The van der Waals surface area contributed by atoms with Gasteiger partial charge in [0.15, 0.2) is 12.2 Å². The molecule has 0 bridgehead atoms. The fourth-order valence-corrected chi connectivity index (χ4v) is 14.1. The minimum Gasteiger partial charge on any atom is -0.462 e. The van der Waals surface area contributed by atoms with E-state index in [0.717, 1.165) is 108 Å². The van der Waals surface area contributed by atoms with Gasteiger partial charge in [-0.05, 0) is 43.4 Å². The van der Waals surface area contributed by atoms with E-state index >= 15 is 0 Å². The largest absolute Gasteiger partial charge is 0.472 e. The molecule has 0 radical (unpaired) electrons. The summed E-state index contributed by atoms with van der Waals surface area (Å²) >= 11 is 0. The lowest BCUT2D eigenvalue weighted by Gasteiger charge is -2.21. The van der Waals surface area contributed by atoms with Crippen LogP contribution in [-0.4, -0.2) is 96.7 Å². The van der Waals surface area contributed by atoms with Crippen molar-refractivity contribution in [2.24, 2.45) is 17.8 Å². The molecule has 0 aromatic rings. The Hall–Kier alpha value is -1.94. The molecule has 0 aliphatic carbocycles. The van der Waals surface area contributed by atoms with Crippen LogP contribution in [0, 0.1) is 17.8 Å². The lowest BCUT2D eigenvalue weighted by Crippen LogP contribution is -2.30. The maximum Gasteiger partial charge on any atom is 0.472 e. The first kappa shape index (κ1) is 98.1. The van der Waals surface area contributed by atoms with Crippen LogP contribution in [0.1, 0.15) is 421 Å². The Balaban J connectivity index is 5.22. The van der Waals surface area contributed by atoms with Crippen molar-refractivity contribution in [2.45, 2.75) is 439 Å². The number of esters is 4. The average Bonchev–Trinajstić information content (AvgIpc) is 0.943. The molecule has 0 aliphatic rings. The second-order valence-corrected chi connectivity index (χ2v) is 33.5. The van der Waals surface area contributed by atoms with Crippen LogP contribution in [0.5, 0.6) is 0 Å². The number of unbranched alkanes of at least 4 members (excludes halogenated alkanes) is 47. The SMILES string of the molecule is CCCCCCCCCCCCCCCCCCCCCC(=O)OC[C@H](COP(=O)(O)OC[C@@H](O)COP(=O)(O)OC[C@@H](COC(=O)CCCCCCCCCC(C)C)OC(=O)CCCCCCCCCCCC(C)C)OC(=O)CCCCCCCCCCCCCCCCCCC(C)C. The number of phosphoric ester groups is 2. The van der Waals surface area contributed by atoms with Gasteiger partial charge in [0.05, 0.1) is 26.4 Å². The van der Waals surface area contributed by atoms with Gasteiger partial charge in [0, 0.05) is 25.7 Å². The molecule has 0 aromatic heterocycles. The van der Waals surface area contributed by atoms with E-state index in [1.54, 1.807) is 0 Å². The molecule has 594 valence electrons. The van der Waals surface area contributed by atoms with Gasteiger partial charge in [-0.15, -0.1) is 0 Å². The van der Waals surface area contributed by atoms with Crippen LogP contribution in [0.15, 0.2) is 0 Å². The zero-order chi connectivity index (χ0) is 73.7. The van der Waals surface area contributed by atoms with E-state index in [-0.39, 0.29) is 25.7 Å². The number of carbonyl (C=O) groups is 4. The number of hydrogen-bond acceptors (Lipinski definition) is 15. The monoisotopic (exact) mass is 1470 g/mol. The molecule has 5 atom stereocenters. The van der Waals surface area contributed by atoms with Crippen LogP contribution in [-0.2, 0) is 65.4 Å². The third-order valence-corrected chi connectivity index (χ3v) is 20.8. The Bertz CT molecular complexity index is 1940. The highest BCUT2D eigenvalue weighted by atomic mass is 31.2. The Kier molecular flexibility index (Phi) is 69.9. The third kappa shape index (κ3) is 74.3. The van der Waals surface area contributed by atoms with Gasteiger partial charge < -0.3 is 33.8 Å². The lowest BCUT2D eigenvalue weighted by molar-refractivity contribution is -0.161. The standard InChI is InChI=1S/C81H158O17P2/c1-8-9-10-11-12-13-14-15-16-17-18-19-23-26-29-34-41-48-55-62-78(83)91-68-76(97-80(85)64-57-50-42-35-30-27-24-21-20-22-25-28-32-38-45-52-59-72(2)3)70-95-99(87,88)93-66-75(82)67-94-100(89,90)96-71-77(69-92-79(84)63-56-49-44-37-40-47-54-61-74(6)7)98-81(86)65-58-51-43-36-31-33-39-46-53-60-73(4)5/h72-77,82H,8-71H2,1-7H3,(H,87,88)(H,89,90)/t75-,76-,77-/m1/s1. The maximum atomic E-state index is 13.1. The molecular formula is C81H158O17P2. The summed E-state index contributed by atoms with van der Waals surface area (Å²) in [6.45, 7) is 11.9. The topological polar surface area (TPSA) is 237 Å². The van der Waals surface area contributed by atoms with Crippen molar-refractivity contribution < 1.29 is 80.2 Å². The van der Waals surface area contributed by atoms with E-state index in [0.29, 0.717) is 31.6 Å². The van der Waals surface area contributed by atoms with Gasteiger partial charge in [-0.3, -0.25) is 37.3 Å². The van der Waals surface area contributed by atoms with E-state index in [2.05, 4.69) is 48.5 Å². The van der Waals surface area contributed by atoms with Gasteiger partial charge in [-0.1, -0.05) is 370 Å². The molecular weight excluding hydrogens is 1310 g/mol. The van der Waals surface area contributed by atoms with E-state index < -0.39 is 97.5 Å². The lowest BCUT2D eigenvalue weighted by atomic mass is 10.0. The van der Waals surface area contributed by atoms with Crippen LogP contribution < -0.4 is 0 Å². The molecule has 0 fully saturated rings. The highest BCUT2D eigenvalue weighted by Gasteiger charge is 2.30. The number of aliphatic hydroxyl groups excluding tert-OH is 1. The average molecular weight is 1470 g/mol.